The van der Waals surface area contributed by atoms with Gasteiger partial charge in [-0.1, -0.05) is 42.5 Å². The zero-order valence-corrected chi connectivity index (χ0v) is 15.3. The fourth-order valence-corrected chi connectivity index (χ4v) is 2.56. The predicted molar refractivity (Wildman–Crippen MR) is 106 cm³/mol. The van der Waals surface area contributed by atoms with Crippen molar-refractivity contribution in [1.82, 2.24) is 4.98 Å². The lowest BCUT2D eigenvalue weighted by atomic mass is 10.1. The Hall–Kier alpha value is -3.58. The van der Waals surface area contributed by atoms with E-state index in [1.54, 1.807) is 6.08 Å². The van der Waals surface area contributed by atoms with E-state index in [0.29, 0.717) is 12.5 Å². The van der Waals surface area contributed by atoms with Crippen molar-refractivity contribution >= 4 is 5.57 Å². The maximum atomic E-state index is 8.53. The van der Waals surface area contributed by atoms with Crippen LogP contribution in [0.2, 0.25) is 0 Å². The van der Waals surface area contributed by atoms with E-state index in [1.165, 1.54) is 6.08 Å². The Morgan fingerprint density at radius 1 is 1.15 bits per heavy atom. The van der Waals surface area contributed by atoms with Crippen LogP contribution in [0.5, 0.6) is 5.75 Å². The van der Waals surface area contributed by atoms with Crippen molar-refractivity contribution < 1.29 is 9.15 Å². The third-order valence-corrected chi connectivity index (χ3v) is 4.12. The molecule has 0 spiro atoms. The van der Waals surface area contributed by atoms with Crippen LogP contribution in [0.15, 0.2) is 77.2 Å². The molecule has 4 heteroatoms. The number of hydrogen-bond donors (Lipinski definition) is 0. The summed E-state index contributed by atoms with van der Waals surface area (Å²) in [5.74, 6) is 2.13. The molecule has 0 N–H and O–H groups in total. The molecule has 0 saturated carbocycles. The molecule has 0 atom stereocenters. The first-order valence-corrected chi connectivity index (χ1v) is 8.65. The highest BCUT2D eigenvalue weighted by molar-refractivity contribution is 5.65. The van der Waals surface area contributed by atoms with Gasteiger partial charge in [0.05, 0.1) is 6.07 Å². The first kappa shape index (κ1) is 18.2. The van der Waals surface area contributed by atoms with Crippen LogP contribution in [0, 0.1) is 18.3 Å². The Labute approximate surface area is 159 Å². The number of aryl methyl sites for hydroxylation is 1. The van der Waals surface area contributed by atoms with Crippen molar-refractivity contribution in [2.24, 2.45) is 0 Å². The summed E-state index contributed by atoms with van der Waals surface area (Å²) in [6.07, 6.45) is 5.09. The fourth-order valence-electron chi connectivity index (χ4n) is 2.56. The zero-order chi connectivity index (χ0) is 19.1. The summed E-state index contributed by atoms with van der Waals surface area (Å²) in [5.41, 5.74) is 3.89. The van der Waals surface area contributed by atoms with Crippen molar-refractivity contribution in [3.63, 3.8) is 0 Å². The van der Waals surface area contributed by atoms with Crippen molar-refractivity contribution in [2.75, 3.05) is 0 Å². The smallest absolute Gasteiger partial charge is 0.226 e. The van der Waals surface area contributed by atoms with Gasteiger partial charge in [-0.05, 0) is 49.2 Å². The Kier molecular flexibility index (Phi) is 5.86. The number of ether oxygens (including phenoxy) is 1. The van der Waals surface area contributed by atoms with Gasteiger partial charge in [-0.25, -0.2) is 4.98 Å². The number of oxazole rings is 1. The van der Waals surface area contributed by atoms with E-state index in [0.717, 1.165) is 33.9 Å². The summed E-state index contributed by atoms with van der Waals surface area (Å²) >= 11 is 0. The third kappa shape index (κ3) is 4.74. The molecule has 0 aliphatic heterocycles. The molecule has 134 valence electrons. The van der Waals surface area contributed by atoms with Crippen LogP contribution in [0.1, 0.15) is 23.9 Å². The molecular weight excluding hydrogens is 336 g/mol. The van der Waals surface area contributed by atoms with Gasteiger partial charge in [0, 0.05) is 11.6 Å². The first-order valence-electron chi connectivity index (χ1n) is 8.65. The van der Waals surface area contributed by atoms with E-state index in [9.17, 15) is 0 Å². The van der Waals surface area contributed by atoms with E-state index in [2.05, 4.69) is 4.98 Å². The molecule has 0 bridgehead atoms. The van der Waals surface area contributed by atoms with Gasteiger partial charge >= 0.3 is 0 Å². The molecule has 27 heavy (non-hydrogen) atoms. The molecule has 0 aliphatic carbocycles. The van der Waals surface area contributed by atoms with Crippen LogP contribution in [0.4, 0.5) is 0 Å². The minimum absolute atomic E-state index is 0.348. The first-order chi connectivity index (χ1) is 13.2. The molecule has 1 heterocycles. The number of rotatable bonds is 6. The molecule has 4 nitrogen and oxygen atoms in total. The lowest BCUT2D eigenvalue weighted by Gasteiger charge is -2.06. The summed E-state index contributed by atoms with van der Waals surface area (Å²) in [6, 6.07) is 19.6. The number of allylic oxidation sites excluding steroid dienone is 4. The molecular formula is C23H20N2O2. The van der Waals surface area contributed by atoms with E-state index in [1.807, 2.05) is 80.6 Å². The Balaban J connectivity index is 1.66. The van der Waals surface area contributed by atoms with Crippen LogP contribution in [0.3, 0.4) is 0 Å². The summed E-state index contributed by atoms with van der Waals surface area (Å²) in [7, 11) is 0. The molecule has 2 aromatic carbocycles. The fraction of sp³-hybridized carbons (Fsp3) is 0.130. The summed E-state index contributed by atoms with van der Waals surface area (Å²) in [5, 5.41) is 8.53. The van der Waals surface area contributed by atoms with Gasteiger partial charge in [0.25, 0.3) is 0 Å². The van der Waals surface area contributed by atoms with Crippen molar-refractivity contribution in [3.8, 4) is 23.3 Å². The van der Waals surface area contributed by atoms with E-state index >= 15 is 0 Å². The zero-order valence-electron chi connectivity index (χ0n) is 15.3. The maximum Gasteiger partial charge on any atom is 0.226 e. The molecule has 0 amide bonds. The molecule has 1 aromatic heterocycles. The van der Waals surface area contributed by atoms with Crippen LogP contribution in [-0.2, 0) is 6.61 Å². The van der Waals surface area contributed by atoms with E-state index in [4.69, 9.17) is 14.4 Å². The number of hydrogen-bond acceptors (Lipinski definition) is 4. The van der Waals surface area contributed by atoms with E-state index in [-0.39, 0.29) is 0 Å². The normalized spacial score (nSPS) is 11.5. The summed E-state index contributed by atoms with van der Waals surface area (Å²) < 4.78 is 11.6. The van der Waals surface area contributed by atoms with Gasteiger partial charge in [0.2, 0.25) is 5.89 Å². The highest BCUT2D eigenvalue weighted by atomic mass is 16.5. The van der Waals surface area contributed by atoms with Crippen LogP contribution in [0.25, 0.3) is 17.0 Å². The summed E-state index contributed by atoms with van der Waals surface area (Å²) in [6.45, 7) is 4.24. The number of benzene rings is 2. The van der Waals surface area contributed by atoms with Gasteiger partial charge in [0.1, 0.15) is 23.8 Å². The topological polar surface area (TPSA) is 59.0 Å². The third-order valence-electron chi connectivity index (χ3n) is 4.12. The van der Waals surface area contributed by atoms with Crippen LogP contribution >= 0.6 is 0 Å². The lowest BCUT2D eigenvalue weighted by Crippen LogP contribution is -1.97. The second-order valence-electron chi connectivity index (χ2n) is 6.04. The largest absolute Gasteiger partial charge is 0.487 e. The van der Waals surface area contributed by atoms with Crippen LogP contribution < -0.4 is 4.74 Å². The van der Waals surface area contributed by atoms with Gasteiger partial charge in [-0.15, -0.1) is 0 Å². The minimum Gasteiger partial charge on any atom is -0.487 e. The van der Waals surface area contributed by atoms with Gasteiger partial charge in [-0.3, -0.25) is 0 Å². The highest BCUT2D eigenvalue weighted by Crippen LogP contribution is 2.23. The average Bonchev–Trinajstić information content (AvgIpc) is 3.08. The molecule has 3 rings (SSSR count). The van der Waals surface area contributed by atoms with Gasteiger partial charge in [0.15, 0.2) is 0 Å². The van der Waals surface area contributed by atoms with Crippen LogP contribution in [-0.4, -0.2) is 4.98 Å². The van der Waals surface area contributed by atoms with Gasteiger partial charge in [-0.2, -0.15) is 5.26 Å². The molecule has 0 saturated heterocycles. The maximum absolute atomic E-state index is 8.53. The molecule has 0 unspecified atom stereocenters. The minimum atomic E-state index is 0.348. The monoisotopic (exact) mass is 356 g/mol. The standard InChI is InChI=1S/C23H20N2O2/c1-17(8-6-7-15-24)19-11-13-21(14-12-19)26-16-22-18(2)27-23(25-22)20-9-4-3-5-10-20/h3-14H,16H2,1-2H3/b7-6+,17-8+. The second-order valence-corrected chi connectivity index (χ2v) is 6.04. The lowest BCUT2D eigenvalue weighted by molar-refractivity contribution is 0.299. The molecule has 0 radical (unpaired) electrons. The number of aromatic nitrogens is 1. The molecule has 3 aromatic rings. The van der Waals surface area contributed by atoms with Gasteiger partial charge < -0.3 is 9.15 Å². The molecule has 0 aliphatic rings. The molecule has 0 fully saturated rings. The number of nitriles is 1. The summed E-state index contributed by atoms with van der Waals surface area (Å²) in [4.78, 5) is 4.55. The Bertz CT molecular complexity index is 991. The predicted octanol–water partition coefficient (Wildman–Crippen LogP) is 5.71. The Morgan fingerprint density at radius 3 is 2.59 bits per heavy atom. The Morgan fingerprint density at radius 2 is 1.89 bits per heavy atom. The van der Waals surface area contributed by atoms with Crippen molar-refractivity contribution in [1.29, 1.82) is 5.26 Å². The van der Waals surface area contributed by atoms with Crippen molar-refractivity contribution in [3.05, 3.63) is 89.8 Å². The highest BCUT2D eigenvalue weighted by Gasteiger charge is 2.11. The average molecular weight is 356 g/mol. The number of nitrogens with zero attached hydrogens (tertiary/aromatic N) is 2. The second kappa shape index (κ2) is 8.68. The van der Waals surface area contributed by atoms with Crippen molar-refractivity contribution in [2.45, 2.75) is 20.5 Å². The van der Waals surface area contributed by atoms with E-state index < -0.39 is 0 Å². The quantitative estimate of drug-likeness (QED) is 0.419. The SMILES string of the molecule is C/C(=C\C=C\C#N)c1ccc(OCc2nc(-c3ccccc3)oc2C)cc1.